The van der Waals surface area contributed by atoms with Crippen LogP contribution < -0.4 is 25.4 Å². The van der Waals surface area contributed by atoms with Crippen LogP contribution in [0.3, 0.4) is 0 Å². The minimum absolute atomic E-state index is 0.449. The molecule has 0 aliphatic carbocycles. The van der Waals surface area contributed by atoms with E-state index in [-0.39, 0.29) is 0 Å². The Bertz CT molecular complexity index is 1940. The van der Waals surface area contributed by atoms with Gasteiger partial charge in [-0.05, 0) is 53.8 Å². The van der Waals surface area contributed by atoms with Crippen LogP contribution in [-0.4, -0.2) is 72.7 Å². The molecule has 0 aromatic heterocycles. The summed E-state index contributed by atoms with van der Waals surface area (Å²) in [4.78, 5) is 0. The van der Waals surface area contributed by atoms with E-state index in [1.54, 1.807) is 7.11 Å². The zero-order valence-corrected chi connectivity index (χ0v) is 40.1. The van der Waals surface area contributed by atoms with Crippen LogP contribution in [0.2, 0.25) is 0 Å². The van der Waals surface area contributed by atoms with Gasteiger partial charge in [0, 0.05) is 12.7 Å². The Morgan fingerprint density at radius 3 is 1.49 bits per heavy atom. The maximum Gasteiger partial charge on any atom is 0.122 e. The van der Waals surface area contributed by atoms with Crippen molar-refractivity contribution in [3.05, 3.63) is 164 Å². The number of methoxy groups -OCH3 is 1. The molecule has 6 nitrogen and oxygen atoms in total. The molecule has 5 aromatic carbocycles. The molecule has 0 amide bonds. The smallest absolute Gasteiger partial charge is 0.122 e. The van der Waals surface area contributed by atoms with E-state index < -0.39 is 5.31 Å². The second-order valence-corrected chi connectivity index (χ2v) is 25.0. The van der Waals surface area contributed by atoms with Crippen molar-refractivity contribution in [3.8, 4) is 22.6 Å². The predicted molar refractivity (Wildman–Crippen MR) is 271 cm³/mol. The second-order valence-electron chi connectivity index (χ2n) is 15.9. The van der Waals surface area contributed by atoms with Gasteiger partial charge < -0.3 is 23.7 Å². The number of rotatable bonds is 33. The normalized spacial score (nSPS) is 12.1. The Hall–Kier alpha value is -4.07. The molecule has 0 spiro atoms. The van der Waals surface area contributed by atoms with Crippen molar-refractivity contribution in [1.29, 1.82) is 0 Å². The molecular formula is C55H70BrO6P. The summed E-state index contributed by atoms with van der Waals surface area (Å²) < 4.78 is 34.3. The maximum absolute atomic E-state index is 6.50. The molecule has 0 bridgehead atoms. The van der Waals surface area contributed by atoms with Crippen molar-refractivity contribution >= 4 is 36.7 Å². The third-order valence-corrected chi connectivity index (χ3v) is 21.5. The first-order valence-corrected chi connectivity index (χ1v) is 27.3. The van der Waals surface area contributed by atoms with Gasteiger partial charge in [-0.3, -0.25) is 0 Å². The molecule has 0 radical (unpaired) electrons. The van der Waals surface area contributed by atoms with Gasteiger partial charge >= 0.3 is 202 Å². The van der Waals surface area contributed by atoms with E-state index in [1.807, 2.05) is 12.2 Å². The number of halogens is 1. The van der Waals surface area contributed by atoms with Crippen molar-refractivity contribution < 1.29 is 28.4 Å². The minimum Gasteiger partial charge on any atom is -0.491 e. The average molecular weight is 938 g/mol. The van der Waals surface area contributed by atoms with E-state index in [2.05, 4.69) is 156 Å². The van der Waals surface area contributed by atoms with Gasteiger partial charge in [0.25, 0.3) is 0 Å². The molecule has 338 valence electrons. The summed E-state index contributed by atoms with van der Waals surface area (Å²) in [5.74, 6) is 1.74. The van der Waals surface area contributed by atoms with Crippen molar-refractivity contribution in [2.24, 2.45) is 0 Å². The summed E-state index contributed by atoms with van der Waals surface area (Å²) in [6.45, 7) is 12.9. The van der Waals surface area contributed by atoms with Crippen LogP contribution in [0.25, 0.3) is 11.1 Å². The van der Waals surface area contributed by atoms with Gasteiger partial charge in [-0.15, -0.1) is 13.2 Å². The van der Waals surface area contributed by atoms with E-state index in [1.165, 1.54) is 60.0 Å². The summed E-state index contributed by atoms with van der Waals surface area (Å²) in [7, 11) is 1.66. The van der Waals surface area contributed by atoms with Crippen molar-refractivity contribution in [1.82, 2.24) is 0 Å². The van der Waals surface area contributed by atoms with Gasteiger partial charge in [-0.25, -0.2) is 0 Å². The van der Waals surface area contributed by atoms with Gasteiger partial charge in [-0.1, -0.05) is 24.3 Å². The Morgan fingerprint density at radius 2 is 0.952 bits per heavy atom. The fraction of sp³-hybridized carbons (Fsp3) is 0.382. The van der Waals surface area contributed by atoms with Gasteiger partial charge in [0.2, 0.25) is 0 Å². The van der Waals surface area contributed by atoms with E-state index in [0.717, 1.165) is 53.6 Å². The van der Waals surface area contributed by atoms with Crippen molar-refractivity contribution in [2.75, 3.05) is 72.7 Å². The molecule has 5 rings (SSSR count). The number of benzene rings is 5. The van der Waals surface area contributed by atoms with Crippen LogP contribution in [0.4, 0.5) is 0 Å². The number of unbranched alkanes of at least 4 members (excludes halogenated alkanes) is 7. The quantitative estimate of drug-likeness (QED) is 0.0237. The molecule has 5 aromatic rings. The van der Waals surface area contributed by atoms with E-state index >= 15 is 0 Å². The molecule has 0 N–H and O–H groups in total. The molecular weight excluding hydrogens is 867 g/mol. The van der Waals surface area contributed by atoms with Crippen LogP contribution >= 0.6 is 20.8 Å². The molecule has 0 aliphatic rings. The Balaban J connectivity index is 1.06. The van der Waals surface area contributed by atoms with E-state index in [9.17, 15) is 0 Å². The van der Waals surface area contributed by atoms with Gasteiger partial charge in [0.15, 0.2) is 0 Å². The third kappa shape index (κ3) is 15.0. The molecule has 63 heavy (non-hydrogen) atoms. The molecule has 0 saturated carbocycles. The second kappa shape index (κ2) is 28.0. The topological polar surface area (TPSA) is 55.4 Å². The molecule has 0 fully saturated rings. The van der Waals surface area contributed by atoms with Crippen molar-refractivity contribution in [2.45, 2.75) is 64.2 Å². The average Bonchev–Trinajstić information content (AvgIpc) is 3.33. The third-order valence-electron chi connectivity index (χ3n) is 11.4. The Labute approximate surface area is 386 Å². The standard InChI is InChI=1S/C55H70BrO6P/c1-4-23-47-31-33-55(53(45-47)48-32-34-54(49(46-48)24-5-2)62-43-42-60-41-40-59-39-38-58-37-36-57-3)61-35-21-10-8-6-7-9-11-22-44-63(56,50-25-15-12-16-26-50,51-27-17-13-18-28-51)52-29-19-14-20-30-52/h4-5,12-20,25-34,45-46H,1-2,6-11,21-24,35-44H2,3H3. The largest absolute Gasteiger partial charge is 0.491 e. The summed E-state index contributed by atoms with van der Waals surface area (Å²) in [6, 6.07) is 46.3. The summed E-state index contributed by atoms with van der Waals surface area (Å²) in [5, 5.41) is 1.35. The first kappa shape index (κ1) is 49.9. The first-order valence-electron chi connectivity index (χ1n) is 22.9. The molecule has 0 atom stereocenters. The van der Waals surface area contributed by atoms with Crippen LogP contribution in [0.15, 0.2) is 153 Å². The molecule has 8 heteroatoms. The zero-order chi connectivity index (χ0) is 44.3. The fourth-order valence-corrected chi connectivity index (χ4v) is 15.9. The van der Waals surface area contributed by atoms with E-state index in [4.69, 9.17) is 28.4 Å². The SMILES string of the molecule is C=CCc1ccc(OCCCCCCCCCCP(Br)(c2ccccc2)(c2ccccc2)c2ccccc2)c(-c2ccc(OCCOCCOCCOCCOC)c(CC=C)c2)c1. The van der Waals surface area contributed by atoms with Gasteiger partial charge in [-0.2, -0.15) is 0 Å². The Morgan fingerprint density at radius 1 is 0.476 bits per heavy atom. The Kier molecular flexibility index (Phi) is 22.2. The molecule has 0 aliphatic heterocycles. The van der Waals surface area contributed by atoms with Gasteiger partial charge in [0.1, 0.15) is 12.4 Å². The monoisotopic (exact) mass is 936 g/mol. The summed E-state index contributed by atoms with van der Waals surface area (Å²) in [5.41, 5.74) is 4.47. The van der Waals surface area contributed by atoms with Gasteiger partial charge in [0.05, 0.1) is 46.2 Å². The number of allylic oxidation sites excluding steroid dienone is 2. The zero-order valence-electron chi connectivity index (χ0n) is 37.6. The molecule has 0 saturated heterocycles. The number of hydrogen-bond acceptors (Lipinski definition) is 6. The minimum atomic E-state index is -2.85. The fourth-order valence-electron chi connectivity index (χ4n) is 8.12. The summed E-state index contributed by atoms with van der Waals surface area (Å²) >= 11 is 4.61. The van der Waals surface area contributed by atoms with Crippen molar-refractivity contribution in [3.63, 3.8) is 0 Å². The van der Waals surface area contributed by atoms with E-state index in [0.29, 0.717) is 65.9 Å². The first-order chi connectivity index (χ1) is 31.0. The number of ether oxygens (including phenoxy) is 6. The van der Waals surface area contributed by atoms with Crippen LogP contribution in [-0.2, 0) is 31.8 Å². The maximum atomic E-state index is 6.50. The predicted octanol–water partition coefficient (Wildman–Crippen LogP) is 12.2. The van der Waals surface area contributed by atoms with Crippen LogP contribution in [0.1, 0.15) is 62.5 Å². The van der Waals surface area contributed by atoms with Crippen LogP contribution in [0, 0.1) is 0 Å². The number of hydrogen-bond donors (Lipinski definition) is 0. The van der Waals surface area contributed by atoms with Crippen LogP contribution in [0.5, 0.6) is 11.5 Å². The summed E-state index contributed by atoms with van der Waals surface area (Å²) in [6.07, 6.45) is 16.0. The molecule has 0 unspecified atom stereocenters. The molecule has 0 heterocycles.